The highest BCUT2D eigenvalue weighted by atomic mass is 79.9. The van der Waals surface area contributed by atoms with Gasteiger partial charge in [-0.1, -0.05) is 57.9 Å². The van der Waals surface area contributed by atoms with Crippen LogP contribution in [0.5, 0.6) is 0 Å². The monoisotopic (exact) mass is 356 g/mol. The number of alkyl halides is 1. The molecule has 0 amide bonds. The van der Waals surface area contributed by atoms with Crippen LogP contribution in [0.3, 0.4) is 0 Å². The molecular weight excluding hydrogens is 340 g/mol. The number of hydrogen-bond donors (Lipinski definition) is 0. The fraction of sp³-hybridized carbons (Fsp3) is 0.400. The highest BCUT2D eigenvalue weighted by molar-refractivity contribution is 9.09. The Labute approximate surface area is 133 Å². The molecule has 1 atom stereocenters. The van der Waals surface area contributed by atoms with Crippen molar-refractivity contribution in [3.63, 3.8) is 0 Å². The van der Waals surface area contributed by atoms with Gasteiger partial charge in [-0.15, -0.1) is 0 Å². The number of hydrogen-bond acceptors (Lipinski definition) is 2. The third kappa shape index (κ3) is 4.08. The molecular formula is C15H18BrClN2O. The first-order chi connectivity index (χ1) is 9.72. The third-order valence-electron chi connectivity index (χ3n) is 3.20. The average Bonchev–Trinajstić information content (AvgIpc) is 2.84. The molecule has 1 aromatic heterocycles. The summed E-state index contributed by atoms with van der Waals surface area (Å²) in [5.74, 6) is 0. The van der Waals surface area contributed by atoms with Crippen LogP contribution in [-0.4, -0.2) is 23.5 Å². The number of rotatable bonds is 7. The average molecular weight is 358 g/mol. The van der Waals surface area contributed by atoms with Crippen LogP contribution in [0.25, 0.3) is 0 Å². The normalized spacial score (nSPS) is 12.6. The molecule has 1 heterocycles. The van der Waals surface area contributed by atoms with Crippen molar-refractivity contribution in [3.8, 4) is 0 Å². The van der Waals surface area contributed by atoms with Crippen molar-refractivity contribution in [1.29, 1.82) is 0 Å². The lowest BCUT2D eigenvalue weighted by atomic mass is 10.1. The number of halogens is 2. The summed E-state index contributed by atoms with van der Waals surface area (Å²) in [6.45, 7) is 1.37. The van der Waals surface area contributed by atoms with E-state index >= 15 is 0 Å². The quantitative estimate of drug-likeness (QED) is 0.693. The Morgan fingerprint density at radius 3 is 2.80 bits per heavy atom. The van der Waals surface area contributed by atoms with E-state index in [0.29, 0.717) is 11.4 Å². The van der Waals surface area contributed by atoms with Gasteiger partial charge in [0.2, 0.25) is 0 Å². The van der Waals surface area contributed by atoms with Gasteiger partial charge in [0.05, 0.1) is 30.1 Å². The van der Waals surface area contributed by atoms with Gasteiger partial charge in [0, 0.05) is 11.9 Å². The van der Waals surface area contributed by atoms with Crippen LogP contribution in [0.15, 0.2) is 36.5 Å². The molecule has 0 aliphatic rings. The first kappa shape index (κ1) is 15.5. The lowest BCUT2D eigenvalue weighted by Crippen LogP contribution is -2.10. The predicted octanol–water partition coefficient (Wildman–Crippen LogP) is 4.25. The first-order valence-corrected chi connectivity index (χ1v) is 7.90. The van der Waals surface area contributed by atoms with Crippen LogP contribution < -0.4 is 0 Å². The molecule has 108 valence electrons. The van der Waals surface area contributed by atoms with Crippen molar-refractivity contribution in [2.24, 2.45) is 0 Å². The fourth-order valence-electron chi connectivity index (χ4n) is 2.10. The third-order valence-corrected chi connectivity index (χ3v) is 4.50. The number of benzene rings is 1. The topological polar surface area (TPSA) is 27.1 Å². The molecule has 1 unspecified atom stereocenters. The zero-order chi connectivity index (χ0) is 14.4. The van der Waals surface area contributed by atoms with Gasteiger partial charge in [0.1, 0.15) is 0 Å². The van der Waals surface area contributed by atoms with Crippen LogP contribution >= 0.6 is 27.5 Å². The number of methoxy groups -OCH3 is 1. The van der Waals surface area contributed by atoms with Gasteiger partial charge in [-0.2, -0.15) is 5.10 Å². The van der Waals surface area contributed by atoms with E-state index in [0.717, 1.165) is 30.1 Å². The Hall–Kier alpha value is -0.840. The zero-order valence-electron chi connectivity index (χ0n) is 11.4. The van der Waals surface area contributed by atoms with E-state index in [1.54, 1.807) is 13.3 Å². The number of ether oxygens (including phenoxy) is 1. The van der Waals surface area contributed by atoms with E-state index in [4.69, 9.17) is 16.3 Å². The summed E-state index contributed by atoms with van der Waals surface area (Å²) in [4.78, 5) is 0.325. The molecule has 0 aliphatic carbocycles. The van der Waals surface area contributed by atoms with Gasteiger partial charge in [-0.3, -0.25) is 4.68 Å². The van der Waals surface area contributed by atoms with Crippen molar-refractivity contribution in [2.45, 2.75) is 24.2 Å². The Bertz CT molecular complexity index is 530. The number of nitrogens with zero attached hydrogens (tertiary/aromatic N) is 2. The molecule has 2 rings (SSSR count). The molecule has 0 radical (unpaired) electrons. The highest BCUT2D eigenvalue weighted by Crippen LogP contribution is 2.29. The van der Waals surface area contributed by atoms with Crippen LogP contribution in [0.4, 0.5) is 0 Å². The van der Waals surface area contributed by atoms with Crippen molar-refractivity contribution in [1.82, 2.24) is 9.78 Å². The second-order valence-corrected chi connectivity index (χ2v) is 6.08. The molecule has 0 saturated carbocycles. The second-order valence-electron chi connectivity index (χ2n) is 4.57. The Balaban J connectivity index is 1.98. The smallest absolute Gasteiger partial charge is 0.0817 e. The predicted molar refractivity (Wildman–Crippen MR) is 85.5 cm³/mol. The molecule has 20 heavy (non-hydrogen) atoms. The Morgan fingerprint density at radius 1 is 1.35 bits per heavy atom. The van der Waals surface area contributed by atoms with Gasteiger partial charge in [0.15, 0.2) is 0 Å². The molecule has 0 aliphatic heterocycles. The summed E-state index contributed by atoms with van der Waals surface area (Å²) in [5, 5.41) is 5.02. The minimum Gasteiger partial charge on any atom is -0.383 e. The SMILES string of the molecule is COCCn1ncc(Cl)c1CCC(Br)c1ccccc1. The lowest BCUT2D eigenvalue weighted by molar-refractivity contribution is 0.182. The van der Waals surface area contributed by atoms with Crippen LogP contribution in [0.1, 0.15) is 22.5 Å². The summed E-state index contributed by atoms with van der Waals surface area (Å²) in [6.07, 6.45) is 3.56. The molecule has 0 spiro atoms. The molecule has 3 nitrogen and oxygen atoms in total. The minimum atomic E-state index is 0.325. The standard InChI is InChI=1S/C15H18BrClN2O/c1-20-10-9-19-15(14(17)11-18-19)8-7-13(16)12-5-3-2-4-6-12/h2-6,11,13H,7-10H2,1H3. The maximum absolute atomic E-state index is 6.21. The number of aromatic nitrogens is 2. The molecule has 0 saturated heterocycles. The van der Waals surface area contributed by atoms with E-state index < -0.39 is 0 Å². The summed E-state index contributed by atoms with van der Waals surface area (Å²) in [7, 11) is 1.69. The van der Waals surface area contributed by atoms with Gasteiger partial charge in [-0.25, -0.2) is 0 Å². The Kier molecular flexibility index (Phi) is 6.07. The van der Waals surface area contributed by atoms with E-state index in [1.807, 2.05) is 10.7 Å². The van der Waals surface area contributed by atoms with E-state index in [-0.39, 0.29) is 0 Å². The van der Waals surface area contributed by atoms with E-state index in [1.165, 1.54) is 5.56 Å². The molecule has 0 fully saturated rings. The van der Waals surface area contributed by atoms with Crippen LogP contribution in [0.2, 0.25) is 5.02 Å². The molecule has 2 aromatic rings. The minimum absolute atomic E-state index is 0.325. The zero-order valence-corrected chi connectivity index (χ0v) is 13.8. The van der Waals surface area contributed by atoms with Gasteiger partial charge in [0.25, 0.3) is 0 Å². The maximum Gasteiger partial charge on any atom is 0.0817 e. The largest absolute Gasteiger partial charge is 0.383 e. The molecule has 1 aromatic carbocycles. The molecule has 5 heteroatoms. The van der Waals surface area contributed by atoms with E-state index in [2.05, 4.69) is 45.3 Å². The van der Waals surface area contributed by atoms with Crippen molar-refractivity contribution >= 4 is 27.5 Å². The van der Waals surface area contributed by atoms with Crippen LogP contribution in [-0.2, 0) is 17.7 Å². The second kappa shape index (κ2) is 7.81. The van der Waals surface area contributed by atoms with Crippen LogP contribution in [0, 0.1) is 0 Å². The maximum atomic E-state index is 6.21. The van der Waals surface area contributed by atoms with E-state index in [9.17, 15) is 0 Å². The van der Waals surface area contributed by atoms with Crippen molar-refractivity contribution in [2.75, 3.05) is 13.7 Å². The van der Waals surface area contributed by atoms with Gasteiger partial charge < -0.3 is 4.74 Å². The van der Waals surface area contributed by atoms with Crippen molar-refractivity contribution < 1.29 is 4.74 Å². The fourth-order valence-corrected chi connectivity index (χ4v) is 2.87. The summed E-state index contributed by atoms with van der Waals surface area (Å²) in [5.41, 5.74) is 2.36. The first-order valence-electron chi connectivity index (χ1n) is 6.60. The lowest BCUT2D eigenvalue weighted by Gasteiger charge is -2.12. The highest BCUT2D eigenvalue weighted by Gasteiger charge is 2.13. The summed E-state index contributed by atoms with van der Waals surface area (Å²) < 4.78 is 7.02. The summed E-state index contributed by atoms with van der Waals surface area (Å²) in [6, 6.07) is 10.4. The van der Waals surface area contributed by atoms with Gasteiger partial charge >= 0.3 is 0 Å². The summed E-state index contributed by atoms with van der Waals surface area (Å²) >= 11 is 9.95. The molecule has 0 bridgehead atoms. The Morgan fingerprint density at radius 2 is 2.10 bits per heavy atom. The van der Waals surface area contributed by atoms with Gasteiger partial charge in [-0.05, 0) is 18.4 Å². The molecule has 0 N–H and O–H groups in total. The van der Waals surface area contributed by atoms with Crippen molar-refractivity contribution in [3.05, 3.63) is 52.8 Å².